The lowest BCUT2D eigenvalue weighted by Gasteiger charge is -2.21. The molecule has 3 aliphatic rings. The average molecular weight is 391 g/mol. The molecule has 0 aliphatic heterocycles. The minimum absolute atomic E-state index is 0.0162. The first kappa shape index (κ1) is 18.5. The van der Waals surface area contributed by atoms with Gasteiger partial charge >= 0.3 is 5.97 Å². The van der Waals surface area contributed by atoms with E-state index in [1.165, 1.54) is 11.3 Å². The number of amides is 2. The minimum atomic E-state index is -0.333. The van der Waals surface area contributed by atoms with Crippen LogP contribution >= 0.6 is 11.3 Å². The summed E-state index contributed by atoms with van der Waals surface area (Å²) in [4.78, 5) is 38.6. The van der Waals surface area contributed by atoms with E-state index in [-0.39, 0.29) is 29.6 Å². The van der Waals surface area contributed by atoms with E-state index in [2.05, 4.69) is 10.6 Å². The zero-order valence-electron chi connectivity index (χ0n) is 15.6. The van der Waals surface area contributed by atoms with Gasteiger partial charge in [0.15, 0.2) is 0 Å². The third kappa shape index (κ3) is 4.03. The molecular weight excluding hydrogens is 364 g/mol. The maximum absolute atomic E-state index is 12.9. The van der Waals surface area contributed by atoms with Crippen molar-refractivity contribution in [3.05, 3.63) is 16.0 Å². The molecule has 0 spiro atoms. The largest absolute Gasteiger partial charge is 0.465 e. The van der Waals surface area contributed by atoms with Crippen molar-refractivity contribution in [3.8, 4) is 0 Å². The van der Waals surface area contributed by atoms with E-state index in [9.17, 15) is 14.4 Å². The summed E-state index contributed by atoms with van der Waals surface area (Å²) in [6.45, 7) is 2.82. The van der Waals surface area contributed by atoms with Crippen molar-refractivity contribution in [1.82, 2.24) is 5.32 Å². The first-order chi connectivity index (χ1) is 13.1. The van der Waals surface area contributed by atoms with Gasteiger partial charge in [0.1, 0.15) is 5.00 Å². The van der Waals surface area contributed by atoms with Crippen LogP contribution in [0.2, 0.25) is 0 Å². The molecule has 0 bridgehead atoms. The molecule has 2 N–H and O–H groups in total. The maximum Gasteiger partial charge on any atom is 0.314 e. The zero-order chi connectivity index (χ0) is 19.0. The van der Waals surface area contributed by atoms with Crippen LogP contribution in [0.5, 0.6) is 0 Å². The SMILES string of the molecule is CCOC(=O)C1CCCc2c1sc(NC(=O)C1CC1)c2C(=O)NCC1CC1. The summed E-state index contributed by atoms with van der Waals surface area (Å²) in [6, 6.07) is 0. The second-order valence-electron chi connectivity index (χ2n) is 7.76. The van der Waals surface area contributed by atoms with Crippen LogP contribution in [0.1, 0.15) is 72.2 Å². The first-order valence-corrected chi connectivity index (χ1v) is 10.8. The summed E-state index contributed by atoms with van der Waals surface area (Å²) in [5.41, 5.74) is 1.49. The van der Waals surface area contributed by atoms with Crippen molar-refractivity contribution in [2.75, 3.05) is 18.5 Å². The van der Waals surface area contributed by atoms with Gasteiger partial charge in [0.25, 0.3) is 5.91 Å². The number of ether oxygens (including phenoxy) is 1. The van der Waals surface area contributed by atoms with Crippen molar-refractivity contribution in [2.45, 2.75) is 57.8 Å². The number of rotatable bonds is 7. The van der Waals surface area contributed by atoms with Crippen molar-refractivity contribution in [3.63, 3.8) is 0 Å². The lowest BCUT2D eigenvalue weighted by Crippen LogP contribution is -2.28. The highest BCUT2D eigenvalue weighted by atomic mass is 32.1. The Morgan fingerprint density at radius 2 is 1.93 bits per heavy atom. The molecule has 1 atom stereocenters. The van der Waals surface area contributed by atoms with Gasteiger partial charge in [-0.3, -0.25) is 14.4 Å². The van der Waals surface area contributed by atoms with Crippen LogP contribution in [0, 0.1) is 11.8 Å². The smallest absolute Gasteiger partial charge is 0.314 e. The molecule has 1 heterocycles. The molecule has 4 rings (SSSR count). The van der Waals surface area contributed by atoms with E-state index in [0.717, 1.165) is 55.4 Å². The van der Waals surface area contributed by atoms with Gasteiger partial charge in [-0.15, -0.1) is 11.3 Å². The molecule has 2 fully saturated rings. The van der Waals surface area contributed by atoms with Crippen molar-refractivity contribution in [1.29, 1.82) is 0 Å². The molecule has 7 heteroatoms. The number of nitrogens with one attached hydrogen (secondary N) is 2. The van der Waals surface area contributed by atoms with Crippen LogP contribution in [0.3, 0.4) is 0 Å². The Balaban J connectivity index is 1.64. The monoisotopic (exact) mass is 390 g/mol. The van der Waals surface area contributed by atoms with Gasteiger partial charge in [0.2, 0.25) is 5.91 Å². The third-order valence-electron chi connectivity index (χ3n) is 5.51. The Labute approximate surface area is 163 Å². The predicted molar refractivity (Wildman–Crippen MR) is 103 cm³/mol. The van der Waals surface area contributed by atoms with Crippen LogP contribution in [0.4, 0.5) is 5.00 Å². The number of esters is 1. The van der Waals surface area contributed by atoms with Crippen LogP contribution in [0.15, 0.2) is 0 Å². The maximum atomic E-state index is 12.9. The van der Waals surface area contributed by atoms with E-state index in [4.69, 9.17) is 4.74 Å². The second kappa shape index (κ2) is 7.62. The standard InChI is InChI=1S/C20H26N2O4S/c1-2-26-20(25)14-5-3-4-13-15(18(24)21-10-11-6-7-11)19(27-16(13)14)22-17(23)12-8-9-12/h11-12,14H,2-10H2,1H3,(H,21,24)(H,22,23). The average Bonchev–Trinajstić information content (AvgIpc) is 3.55. The molecule has 6 nitrogen and oxygen atoms in total. The fourth-order valence-electron chi connectivity index (χ4n) is 3.63. The topological polar surface area (TPSA) is 84.5 Å². The Kier molecular flexibility index (Phi) is 5.21. The normalized spacial score (nSPS) is 21.3. The quantitative estimate of drug-likeness (QED) is 0.700. The van der Waals surface area contributed by atoms with Gasteiger partial charge in [0.05, 0.1) is 18.1 Å². The van der Waals surface area contributed by atoms with Crippen molar-refractivity contribution >= 4 is 34.1 Å². The highest BCUT2D eigenvalue weighted by Crippen LogP contribution is 2.45. The van der Waals surface area contributed by atoms with E-state index in [0.29, 0.717) is 29.6 Å². The minimum Gasteiger partial charge on any atom is -0.465 e. The summed E-state index contributed by atoms with van der Waals surface area (Å²) in [5, 5.41) is 6.60. The molecule has 0 saturated heterocycles. The van der Waals surface area contributed by atoms with Gasteiger partial charge in [-0.2, -0.15) is 0 Å². The van der Waals surface area contributed by atoms with Crippen molar-refractivity contribution < 1.29 is 19.1 Å². The number of carbonyl (C=O) groups is 3. The van der Waals surface area contributed by atoms with Gasteiger partial charge in [0, 0.05) is 17.3 Å². The highest BCUT2D eigenvalue weighted by Gasteiger charge is 2.37. The molecule has 146 valence electrons. The molecule has 27 heavy (non-hydrogen) atoms. The number of anilines is 1. The summed E-state index contributed by atoms with van der Waals surface area (Å²) in [7, 11) is 0. The highest BCUT2D eigenvalue weighted by molar-refractivity contribution is 7.17. The fourth-order valence-corrected chi connectivity index (χ4v) is 5.00. The molecule has 0 radical (unpaired) electrons. The number of thiophene rings is 1. The number of hydrogen-bond donors (Lipinski definition) is 2. The van der Waals surface area contributed by atoms with Gasteiger partial charge in [-0.25, -0.2) is 0 Å². The Hall–Kier alpha value is -1.89. The molecule has 2 amide bonds. The Morgan fingerprint density at radius 1 is 1.15 bits per heavy atom. The van der Waals surface area contributed by atoms with E-state index < -0.39 is 0 Å². The van der Waals surface area contributed by atoms with Crippen LogP contribution in [-0.2, 0) is 20.7 Å². The van der Waals surface area contributed by atoms with Crippen LogP contribution in [-0.4, -0.2) is 30.9 Å². The lowest BCUT2D eigenvalue weighted by atomic mass is 9.87. The van der Waals surface area contributed by atoms with Gasteiger partial charge in [-0.1, -0.05) is 0 Å². The number of hydrogen-bond acceptors (Lipinski definition) is 5. The number of fused-ring (bicyclic) bond motifs is 1. The zero-order valence-corrected chi connectivity index (χ0v) is 16.5. The van der Waals surface area contributed by atoms with Gasteiger partial charge in [-0.05, 0) is 63.4 Å². The number of carbonyl (C=O) groups excluding carboxylic acids is 3. The molecule has 1 aromatic rings. The second-order valence-corrected chi connectivity index (χ2v) is 8.81. The predicted octanol–water partition coefficient (Wildman–Crippen LogP) is 3.22. The van der Waals surface area contributed by atoms with E-state index in [1.807, 2.05) is 0 Å². The first-order valence-electron chi connectivity index (χ1n) is 9.99. The lowest BCUT2D eigenvalue weighted by molar-refractivity contribution is -0.145. The molecule has 2 saturated carbocycles. The third-order valence-corrected chi connectivity index (χ3v) is 6.77. The molecule has 0 aromatic carbocycles. The summed E-state index contributed by atoms with van der Waals surface area (Å²) < 4.78 is 5.24. The van der Waals surface area contributed by atoms with E-state index in [1.54, 1.807) is 6.92 Å². The Bertz CT molecular complexity index is 764. The Morgan fingerprint density at radius 3 is 2.59 bits per heavy atom. The molecule has 1 unspecified atom stereocenters. The van der Waals surface area contributed by atoms with Crippen molar-refractivity contribution in [2.24, 2.45) is 11.8 Å². The summed E-state index contributed by atoms with van der Waals surface area (Å²) in [5.74, 6) is -0.0648. The summed E-state index contributed by atoms with van der Waals surface area (Å²) >= 11 is 1.38. The molecular formula is C20H26N2O4S. The van der Waals surface area contributed by atoms with E-state index >= 15 is 0 Å². The summed E-state index contributed by atoms with van der Waals surface area (Å²) in [6.07, 6.45) is 6.47. The van der Waals surface area contributed by atoms with Crippen LogP contribution < -0.4 is 10.6 Å². The fraction of sp³-hybridized carbons (Fsp3) is 0.650. The van der Waals surface area contributed by atoms with Gasteiger partial charge < -0.3 is 15.4 Å². The molecule has 3 aliphatic carbocycles. The van der Waals surface area contributed by atoms with Crippen LogP contribution in [0.25, 0.3) is 0 Å². The molecule has 1 aromatic heterocycles.